The number of hydrogen-bond acceptors (Lipinski definition) is 0. The van der Waals surface area contributed by atoms with Crippen molar-refractivity contribution >= 4 is 0 Å². The number of pyridine rings is 1. The Bertz CT molecular complexity index is 658. The van der Waals surface area contributed by atoms with Crippen molar-refractivity contribution in [1.29, 1.82) is 0 Å². The quantitative estimate of drug-likeness (QED) is 0.312. The Morgan fingerprint density at radius 2 is 1.67 bits per heavy atom. The van der Waals surface area contributed by atoms with Crippen LogP contribution < -0.4 is 28.5 Å². The lowest BCUT2D eigenvalue weighted by Gasteiger charge is -2.21. The maximum Gasteiger partial charge on any atom is 0.172 e. The van der Waals surface area contributed by atoms with Crippen LogP contribution in [0.3, 0.4) is 0 Å². The van der Waals surface area contributed by atoms with Crippen molar-refractivity contribution in [2.45, 2.75) is 77.0 Å². The van der Waals surface area contributed by atoms with E-state index in [0.717, 1.165) is 5.92 Å². The number of aryl methyl sites for hydroxylation is 2. The Morgan fingerprint density at radius 3 is 2.37 bits per heavy atom. The van der Waals surface area contributed by atoms with E-state index in [9.17, 15) is 0 Å². The van der Waals surface area contributed by atoms with E-state index in [4.69, 9.17) is 0 Å². The van der Waals surface area contributed by atoms with Crippen molar-refractivity contribution in [3.63, 3.8) is 0 Å². The van der Waals surface area contributed by atoms with Gasteiger partial charge in [0.15, 0.2) is 12.4 Å². The highest BCUT2D eigenvalue weighted by molar-refractivity contribution is 5.32. The third kappa shape index (κ3) is 7.21. The number of aromatic nitrogens is 1. The Hall–Kier alpha value is -0.900. The summed E-state index contributed by atoms with van der Waals surface area (Å²) in [6.45, 7) is 2.17. The number of benzene rings is 1. The van der Waals surface area contributed by atoms with Gasteiger partial charge in [-0.25, -0.2) is 4.57 Å². The first-order chi connectivity index (χ1) is 12.7. The zero-order valence-electron chi connectivity index (χ0n) is 17.2. The van der Waals surface area contributed by atoms with Gasteiger partial charge in [-0.05, 0) is 30.9 Å². The molecule has 0 amide bonds. The minimum absolute atomic E-state index is 0. The molecule has 0 aliphatic heterocycles. The van der Waals surface area contributed by atoms with Crippen molar-refractivity contribution in [1.82, 2.24) is 0 Å². The third-order valence-electron chi connectivity index (χ3n) is 6.17. The van der Waals surface area contributed by atoms with Crippen molar-refractivity contribution in [2.75, 3.05) is 0 Å². The first-order valence-electron chi connectivity index (χ1n) is 10.7. The largest absolute Gasteiger partial charge is 1.00 e. The monoisotopic (exact) mass is 477 g/mol. The van der Waals surface area contributed by atoms with Gasteiger partial charge < -0.3 is 24.0 Å². The van der Waals surface area contributed by atoms with Crippen molar-refractivity contribution < 1.29 is 28.5 Å². The minimum Gasteiger partial charge on any atom is -1.00 e. The lowest BCUT2D eigenvalue weighted by atomic mass is 9.84. The van der Waals surface area contributed by atoms with Crippen LogP contribution in [0, 0.1) is 12.8 Å². The van der Waals surface area contributed by atoms with Crippen molar-refractivity contribution in [2.24, 2.45) is 13.0 Å². The summed E-state index contributed by atoms with van der Waals surface area (Å²) in [6.07, 6.45) is 18.7. The second kappa shape index (κ2) is 11.8. The molecule has 1 aliphatic rings. The number of hydrogen-bond donors (Lipinski definition) is 0. The first-order valence-corrected chi connectivity index (χ1v) is 10.7. The average Bonchev–Trinajstić information content (AvgIpc) is 2.66. The molecular weight excluding hydrogens is 441 g/mol. The zero-order valence-corrected chi connectivity index (χ0v) is 19.3. The van der Waals surface area contributed by atoms with Gasteiger partial charge in [0.25, 0.3) is 0 Å². The van der Waals surface area contributed by atoms with E-state index in [1.807, 2.05) is 0 Å². The molecular formula is C25H36IN. The normalized spacial score (nSPS) is 15.9. The lowest BCUT2D eigenvalue weighted by molar-refractivity contribution is -0.672. The predicted octanol–water partition coefficient (Wildman–Crippen LogP) is 3.49. The van der Waals surface area contributed by atoms with E-state index in [0.29, 0.717) is 5.92 Å². The maximum absolute atomic E-state index is 2.33. The van der Waals surface area contributed by atoms with Crippen LogP contribution in [0.25, 0.3) is 0 Å². The fourth-order valence-electron chi connectivity index (χ4n) is 4.58. The molecule has 0 spiro atoms. The second-order valence-corrected chi connectivity index (χ2v) is 8.41. The highest BCUT2D eigenvalue weighted by atomic mass is 127. The summed E-state index contributed by atoms with van der Waals surface area (Å²) in [6, 6.07) is 13.7. The molecule has 1 atom stereocenters. The van der Waals surface area contributed by atoms with Crippen molar-refractivity contribution in [3.05, 3.63) is 65.5 Å². The van der Waals surface area contributed by atoms with Crippen LogP contribution in [0.2, 0.25) is 0 Å². The van der Waals surface area contributed by atoms with Gasteiger partial charge in [0.2, 0.25) is 0 Å². The van der Waals surface area contributed by atoms with Gasteiger partial charge in [-0.3, -0.25) is 0 Å². The van der Waals surface area contributed by atoms with E-state index >= 15 is 0 Å². The molecule has 3 rings (SSSR count). The van der Waals surface area contributed by atoms with Gasteiger partial charge in [-0.15, -0.1) is 0 Å². The van der Waals surface area contributed by atoms with E-state index in [-0.39, 0.29) is 24.0 Å². The van der Waals surface area contributed by atoms with Gasteiger partial charge >= 0.3 is 0 Å². The third-order valence-corrected chi connectivity index (χ3v) is 6.17. The smallest absolute Gasteiger partial charge is 0.172 e. The molecule has 1 saturated carbocycles. The van der Waals surface area contributed by atoms with Crippen LogP contribution in [0.1, 0.15) is 86.8 Å². The zero-order chi connectivity index (χ0) is 18.2. The summed E-state index contributed by atoms with van der Waals surface area (Å²) in [4.78, 5) is 0. The van der Waals surface area contributed by atoms with Gasteiger partial charge in [0, 0.05) is 17.5 Å². The molecule has 27 heavy (non-hydrogen) atoms. The Kier molecular flexibility index (Phi) is 9.81. The fourth-order valence-corrected chi connectivity index (χ4v) is 4.58. The molecule has 0 bridgehead atoms. The number of rotatable bonds is 8. The molecule has 1 heterocycles. The van der Waals surface area contributed by atoms with Crippen LogP contribution in [0.15, 0.2) is 48.8 Å². The summed E-state index contributed by atoms with van der Waals surface area (Å²) < 4.78 is 2.18. The summed E-state index contributed by atoms with van der Waals surface area (Å²) in [7, 11) is 2.12. The first kappa shape index (κ1) is 22.4. The van der Waals surface area contributed by atoms with Crippen molar-refractivity contribution in [3.8, 4) is 0 Å². The molecule has 2 heteroatoms. The van der Waals surface area contributed by atoms with E-state index in [1.165, 1.54) is 80.9 Å². The fraction of sp³-hybridized carbons (Fsp3) is 0.560. The Balaban J connectivity index is 0.00000261. The molecule has 148 valence electrons. The van der Waals surface area contributed by atoms with Crippen LogP contribution in [-0.2, 0) is 7.05 Å². The molecule has 1 aromatic carbocycles. The van der Waals surface area contributed by atoms with Gasteiger partial charge in [-0.2, -0.15) is 0 Å². The van der Waals surface area contributed by atoms with E-state index in [1.54, 1.807) is 0 Å². The summed E-state index contributed by atoms with van der Waals surface area (Å²) >= 11 is 0. The van der Waals surface area contributed by atoms with Crippen LogP contribution in [0.5, 0.6) is 0 Å². The van der Waals surface area contributed by atoms with E-state index < -0.39 is 0 Å². The van der Waals surface area contributed by atoms with Gasteiger partial charge in [-0.1, -0.05) is 87.6 Å². The number of halogens is 1. The maximum atomic E-state index is 2.33. The van der Waals surface area contributed by atoms with Crippen LogP contribution >= 0.6 is 0 Å². The molecule has 1 unspecified atom stereocenters. The molecule has 1 aromatic heterocycles. The number of nitrogens with zero attached hydrogens (tertiary/aromatic N) is 1. The highest BCUT2D eigenvalue weighted by Gasteiger charge is 2.17. The lowest BCUT2D eigenvalue weighted by Crippen LogP contribution is -3.00. The molecule has 0 N–H and O–H groups in total. The predicted molar refractivity (Wildman–Crippen MR) is 110 cm³/mol. The van der Waals surface area contributed by atoms with Crippen LogP contribution in [-0.4, -0.2) is 0 Å². The van der Waals surface area contributed by atoms with Crippen LogP contribution in [0.4, 0.5) is 0 Å². The van der Waals surface area contributed by atoms with Gasteiger partial charge in [0.1, 0.15) is 7.05 Å². The Morgan fingerprint density at radius 1 is 0.926 bits per heavy atom. The highest BCUT2D eigenvalue weighted by Crippen LogP contribution is 2.31. The second-order valence-electron chi connectivity index (χ2n) is 8.41. The molecule has 2 aromatic rings. The minimum atomic E-state index is 0. The number of unbranched alkanes of at least 4 members (excludes halogenated alkanes) is 2. The topological polar surface area (TPSA) is 3.88 Å². The molecule has 1 nitrogen and oxygen atoms in total. The molecule has 1 fully saturated rings. The SMILES string of the molecule is Cc1ccc(C(CCCCCC2CCCCC2)c2ccc[n+](C)c2)cc1.[I-]. The molecule has 0 radical (unpaired) electrons. The Labute approximate surface area is 183 Å². The average molecular weight is 477 g/mol. The standard InChI is InChI=1S/C25H36N.HI/c1-21-15-17-23(18-16-21)25(24-13-9-19-26(2)20-24)14-8-4-7-12-22-10-5-3-6-11-22;/h9,13,15-20,22,25H,3-8,10-12,14H2,1-2H3;1H/q+1;/p-1. The summed E-state index contributed by atoms with van der Waals surface area (Å²) in [5.41, 5.74) is 4.26. The summed E-state index contributed by atoms with van der Waals surface area (Å²) in [5, 5.41) is 0. The van der Waals surface area contributed by atoms with Gasteiger partial charge in [0.05, 0.1) is 0 Å². The molecule has 0 saturated heterocycles. The summed E-state index contributed by atoms with van der Waals surface area (Å²) in [5.74, 6) is 1.56. The molecule has 1 aliphatic carbocycles. The van der Waals surface area contributed by atoms with E-state index in [2.05, 4.69) is 67.3 Å².